The highest BCUT2D eigenvalue weighted by atomic mass is 16.5. The second-order valence-corrected chi connectivity index (χ2v) is 4.15. The van der Waals surface area contributed by atoms with E-state index < -0.39 is 11.9 Å². The second kappa shape index (κ2) is 9.19. The Hall–Kier alpha value is -1.78. The fraction of sp³-hybridized carbons (Fsp3) is 0.571. The SMILES string of the molecule is CCOC(=O)C(=O)NC/C(CC)=C(/C=C(C)C)OC. The molecule has 0 spiro atoms. The van der Waals surface area contributed by atoms with E-state index >= 15 is 0 Å². The summed E-state index contributed by atoms with van der Waals surface area (Å²) < 4.78 is 9.90. The summed E-state index contributed by atoms with van der Waals surface area (Å²) in [6.45, 7) is 7.99. The van der Waals surface area contributed by atoms with Gasteiger partial charge in [-0.25, -0.2) is 4.79 Å². The van der Waals surface area contributed by atoms with Gasteiger partial charge in [0.25, 0.3) is 0 Å². The minimum absolute atomic E-state index is 0.184. The van der Waals surface area contributed by atoms with E-state index in [-0.39, 0.29) is 13.2 Å². The quantitative estimate of drug-likeness (QED) is 0.346. The maximum absolute atomic E-state index is 11.4. The Morgan fingerprint density at radius 2 is 1.84 bits per heavy atom. The fourth-order valence-electron chi connectivity index (χ4n) is 1.41. The van der Waals surface area contributed by atoms with Gasteiger partial charge >= 0.3 is 11.9 Å². The van der Waals surface area contributed by atoms with Crippen LogP contribution in [0.2, 0.25) is 0 Å². The zero-order valence-corrected chi connectivity index (χ0v) is 12.3. The highest BCUT2D eigenvalue weighted by molar-refractivity contribution is 6.32. The van der Waals surface area contributed by atoms with Crippen molar-refractivity contribution in [3.05, 3.63) is 23.0 Å². The van der Waals surface area contributed by atoms with Crippen molar-refractivity contribution in [1.29, 1.82) is 0 Å². The number of amides is 1. The normalized spacial score (nSPS) is 11.2. The first-order valence-corrected chi connectivity index (χ1v) is 6.32. The van der Waals surface area contributed by atoms with Crippen molar-refractivity contribution in [3.8, 4) is 0 Å². The van der Waals surface area contributed by atoms with Crippen LogP contribution in [0.25, 0.3) is 0 Å². The zero-order valence-electron chi connectivity index (χ0n) is 12.3. The molecule has 0 aliphatic heterocycles. The van der Waals surface area contributed by atoms with E-state index in [0.29, 0.717) is 5.76 Å². The van der Waals surface area contributed by atoms with Gasteiger partial charge in [-0.3, -0.25) is 4.79 Å². The van der Waals surface area contributed by atoms with Crippen molar-refractivity contribution in [2.24, 2.45) is 0 Å². The third kappa shape index (κ3) is 6.64. The lowest BCUT2D eigenvalue weighted by Gasteiger charge is -2.11. The zero-order chi connectivity index (χ0) is 14.8. The summed E-state index contributed by atoms with van der Waals surface area (Å²) in [7, 11) is 1.58. The number of esters is 1. The number of hydrogen-bond acceptors (Lipinski definition) is 4. The Kier molecular flexibility index (Phi) is 8.33. The molecule has 19 heavy (non-hydrogen) atoms. The summed E-state index contributed by atoms with van der Waals surface area (Å²) in [5, 5.41) is 2.53. The van der Waals surface area contributed by atoms with Crippen LogP contribution in [0, 0.1) is 0 Å². The Labute approximate surface area is 114 Å². The van der Waals surface area contributed by atoms with E-state index in [4.69, 9.17) is 4.74 Å². The lowest BCUT2D eigenvalue weighted by atomic mass is 10.1. The van der Waals surface area contributed by atoms with E-state index in [1.807, 2.05) is 26.8 Å². The number of carbonyl (C=O) groups excluding carboxylic acids is 2. The minimum atomic E-state index is -0.862. The van der Waals surface area contributed by atoms with Crippen LogP contribution in [-0.4, -0.2) is 32.1 Å². The molecule has 1 N–H and O–H groups in total. The highest BCUT2D eigenvalue weighted by Crippen LogP contribution is 2.12. The number of hydrogen-bond donors (Lipinski definition) is 1. The van der Waals surface area contributed by atoms with Gasteiger partial charge in [0, 0.05) is 6.54 Å². The molecule has 0 atom stereocenters. The van der Waals surface area contributed by atoms with Gasteiger partial charge in [-0.2, -0.15) is 0 Å². The van der Waals surface area contributed by atoms with Crippen LogP contribution >= 0.6 is 0 Å². The first-order chi connectivity index (χ1) is 8.96. The lowest BCUT2D eigenvalue weighted by Crippen LogP contribution is -2.34. The monoisotopic (exact) mass is 269 g/mol. The number of allylic oxidation sites excluding steroid dienone is 2. The van der Waals surface area contributed by atoms with Gasteiger partial charge in [-0.05, 0) is 38.8 Å². The van der Waals surface area contributed by atoms with Crippen molar-refractivity contribution in [3.63, 3.8) is 0 Å². The molecular weight excluding hydrogens is 246 g/mol. The van der Waals surface area contributed by atoms with Gasteiger partial charge in [0.15, 0.2) is 0 Å². The maximum Gasteiger partial charge on any atom is 0.396 e. The molecule has 0 aromatic heterocycles. The Morgan fingerprint density at radius 3 is 2.26 bits per heavy atom. The summed E-state index contributed by atoms with van der Waals surface area (Å²) >= 11 is 0. The van der Waals surface area contributed by atoms with Gasteiger partial charge in [0.1, 0.15) is 5.76 Å². The fourth-order valence-corrected chi connectivity index (χ4v) is 1.41. The summed E-state index contributed by atoms with van der Waals surface area (Å²) in [5.41, 5.74) is 2.01. The second-order valence-electron chi connectivity index (χ2n) is 4.15. The van der Waals surface area contributed by atoms with Gasteiger partial charge in [-0.1, -0.05) is 12.5 Å². The van der Waals surface area contributed by atoms with E-state index in [2.05, 4.69) is 10.1 Å². The van der Waals surface area contributed by atoms with Gasteiger partial charge in [0.05, 0.1) is 13.7 Å². The molecular formula is C14H23NO4. The summed E-state index contributed by atoms with van der Waals surface area (Å²) in [6.07, 6.45) is 2.62. The largest absolute Gasteiger partial charge is 0.497 e. The van der Waals surface area contributed by atoms with E-state index in [1.165, 1.54) is 0 Å². The molecule has 0 saturated carbocycles. The molecule has 0 unspecified atom stereocenters. The van der Waals surface area contributed by atoms with Crippen LogP contribution in [0.3, 0.4) is 0 Å². The third-order valence-corrected chi connectivity index (χ3v) is 2.34. The smallest absolute Gasteiger partial charge is 0.396 e. The molecule has 0 heterocycles. The van der Waals surface area contributed by atoms with Crippen LogP contribution in [0.4, 0.5) is 0 Å². The summed E-state index contributed by atoms with van der Waals surface area (Å²) in [4.78, 5) is 22.6. The molecule has 0 radical (unpaired) electrons. The molecule has 0 fully saturated rings. The van der Waals surface area contributed by atoms with Crippen molar-refractivity contribution in [1.82, 2.24) is 5.32 Å². The Morgan fingerprint density at radius 1 is 1.21 bits per heavy atom. The van der Waals surface area contributed by atoms with E-state index in [0.717, 1.165) is 17.6 Å². The molecule has 0 bridgehead atoms. The van der Waals surface area contributed by atoms with Crippen LogP contribution in [0.1, 0.15) is 34.1 Å². The predicted molar refractivity (Wildman–Crippen MR) is 73.4 cm³/mol. The molecule has 0 aromatic carbocycles. The van der Waals surface area contributed by atoms with Crippen molar-refractivity contribution in [2.45, 2.75) is 34.1 Å². The molecule has 0 aromatic rings. The molecule has 0 rings (SSSR count). The van der Waals surface area contributed by atoms with Crippen LogP contribution in [0.15, 0.2) is 23.0 Å². The Bertz CT molecular complexity index is 379. The predicted octanol–water partition coefficient (Wildman–Crippen LogP) is 1.94. The molecule has 0 aliphatic carbocycles. The molecule has 0 aliphatic rings. The van der Waals surface area contributed by atoms with Gasteiger partial charge in [0.2, 0.25) is 0 Å². The van der Waals surface area contributed by atoms with Crippen molar-refractivity contribution < 1.29 is 19.1 Å². The average molecular weight is 269 g/mol. The molecule has 5 heteroatoms. The molecule has 5 nitrogen and oxygen atoms in total. The maximum atomic E-state index is 11.4. The van der Waals surface area contributed by atoms with Crippen molar-refractivity contribution >= 4 is 11.9 Å². The van der Waals surface area contributed by atoms with Crippen LogP contribution in [-0.2, 0) is 19.1 Å². The lowest BCUT2D eigenvalue weighted by molar-refractivity contribution is -0.154. The molecule has 0 saturated heterocycles. The van der Waals surface area contributed by atoms with Gasteiger partial charge < -0.3 is 14.8 Å². The van der Waals surface area contributed by atoms with E-state index in [9.17, 15) is 9.59 Å². The standard InChI is InChI=1S/C14H23NO4/c1-6-11(12(18-5)8-10(3)4)9-15-13(16)14(17)19-7-2/h8H,6-7,9H2,1-5H3,(H,15,16)/b12-11-. The first-order valence-electron chi connectivity index (χ1n) is 6.32. The third-order valence-electron chi connectivity index (χ3n) is 2.34. The Balaban J connectivity index is 4.73. The number of nitrogens with one attached hydrogen (secondary N) is 1. The first kappa shape index (κ1) is 17.2. The number of ether oxygens (including phenoxy) is 2. The number of carbonyl (C=O) groups is 2. The molecule has 1 amide bonds. The van der Waals surface area contributed by atoms with Gasteiger partial charge in [-0.15, -0.1) is 0 Å². The molecule has 108 valence electrons. The van der Waals surface area contributed by atoms with Crippen LogP contribution < -0.4 is 5.32 Å². The van der Waals surface area contributed by atoms with Crippen molar-refractivity contribution in [2.75, 3.05) is 20.3 Å². The van der Waals surface area contributed by atoms with E-state index in [1.54, 1.807) is 14.0 Å². The van der Waals surface area contributed by atoms with Crippen LogP contribution in [0.5, 0.6) is 0 Å². The minimum Gasteiger partial charge on any atom is -0.497 e. The highest BCUT2D eigenvalue weighted by Gasteiger charge is 2.15. The summed E-state index contributed by atoms with van der Waals surface area (Å²) in [6, 6.07) is 0. The summed E-state index contributed by atoms with van der Waals surface area (Å²) in [5.74, 6) is -0.883. The topological polar surface area (TPSA) is 64.6 Å². The average Bonchev–Trinajstić information content (AvgIpc) is 2.37. The number of methoxy groups -OCH3 is 1. The number of rotatable bonds is 6.